The van der Waals surface area contributed by atoms with E-state index in [-0.39, 0.29) is 5.60 Å². The first-order valence-corrected chi connectivity index (χ1v) is 7.09. The standard InChI is InChI=1S/C14H23NOS/c1-14(2,3)16-11-9-15-10-12-17-13-7-5-4-6-8-13/h4-8,15H,9-12H2,1-3H3. The lowest BCUT2D eigenvalue weighted by atomic mass is 10.2. The fourth-order valence-corrected chi connectivity index (χ4v) is 2.14. The number of benzene rings is 1. The normalized spacial score (nSPS) is 11.7. The maximum Gasteiger partial charge on any atom is 0.0599 e. The van der Waals surface area contributed by atoms with Gasteiger partial charge in [-0.2, -0.15) is 0 Å². The van der Waals surface area contributed by atoms with Crippen LogP contribution in [0.3, 0.4) is 0 Å². The molecule has 0 bridgehead atoms. The van der Waals surface area contributed by atoms with Crippen LogP contribution in [-0.2, 0) is 4.74 Å². The van der Waals surface area contributed by atoms with Crippen LogP contribution in [0.1, 0.15) is 20.8 Å². The van der Waals surface area contributed by atoms with Crippen LogP contribution in [0.2, 0.25) is 0 Å². The van der Waals surface area contributed by atoms with Gasteiger partial charge in [-0.15, -0.1) is 11.8 Å². The molecule has 0 aliphatic rings. The lowest BCUT2D eigenvalue weighted by molar-refractivity contribution is -0.000607. The molecule has 0 heterocycles. The Morgan fingerprint density at radius 2 is 1.82 bits per heavy atom. The third-order valence-corrected chi connectivity index (χ3v) is 3.12. The Balaban J connectivity index is 1.95. The smallest absolute Gasteiger partial charge is 0.0599 e. The molecule has 1 N–H and O–H groups in total. The van der Waals surface area contributed by atoms with Gasteiger partial charge >= 0.3 is 0 Å². The van der Waals surface area contributed by atoms with Crippen LogP contribution in [-0.4, -0.2) is 31.1 Å². The third-order valence-electron chi connectivity index (χ3n) is 2.10. The molecule has 1 rings (SSSR count). The lowest BCUT2D eigenvalue weighted by Gasteiger charge is -2.19. The zero-order valence-electron chi connectivity index (χ0n) is 11.0. The van der Waals surface area contributed by atoms with Crippen LogP contribution in [0.4, 0.5) is 0 Å². The molecule has 2 nitrogen and oxygen atoms in total. The van der Waals surface area contributed by atoms with Gasteiger partial charge in [0, 0.05) is 23.7 Å². The molecule has 17 heavy (non-hydrogen) atoms. The zero-order chi connectivity index (χ0) is 12.6. The van der Waals surface area contributed by atoms with Crippen molar-refractivity contribution in [2.75, 3.05) is 25.4 Å². The molecule has 0 saturated heterocycles. The molecule has 0 aliphatic carbocycles. The highest BCUT2D eigenvalue weighted by Crippen LogP contribution is 2.15. The Morgan fingerprint density at radius 3 is 2.47 bits per heavy atom. The Bertz CT molecular complexity index is 295. The number of hydrogen-bond donors (Lipinski definition) is 1. The van der Waals surface area contributed by atoms with Crippen LogP contribution in [0.15, 0.2) is 35.2 Å². The van der Waals surface area contributed by atoms with Crippen LogP contribution >= 0.6 is 11.8 Å². The lowest BCUT2D eigenvalue weighted by Crippen LogP contribution is -2.27. The number of ether oxygens (including phenoxy) is 1. The molecule has 0 saturated carbocycles. The molecule has 0 aromatic heterocycles. The summed E-state index contributed by atoms with van der Waals surface area (Å²) >= 11 is 1.88. The van der Waals surface area contributed by atoms with E-state index in [1.54, 1.807) is 0 Å². The van der Waals surface area contributed by atoms with Crippen molar-refractivity contribution in [1.29, 1.82) is 0 Å². The van der Waals surface area contributed by atoms with Crippen LogP contribution in [0, 0.1) is 0 Å². The molecule has 0 radical (unpaired) electrons. The summed E-state index contributed by atoms with van der Waals surface area (Å²) in [7, 11) is 0. The predicted molar refractivity (Wildman–Crippen MR) is 75.7 cm³/mol. The Kier molecular flexibility index (Phi) is 6.63. The molecule has 0 unspecified atom stereocenters. The molecule has 0 atom stereocenters. The van der Waals surface area contributed by atoms with Gasteiger partial charge < -0.3 is 10.1 Å². The zero-order valence-corrected chi connectivity index (χ0v) is 11.8. The largest absolute Gasteiger partial charge is 0.375 e. The van der Waals surface area contributed by atoms with Gasteiger partial charge in [-0.3, -0.25) is 0 Å². The van der Waals surface area contributed by atoms with Gasteiger partial charge in [0.15, 0.2) is 0 Å². The average molecular weight is 253 g/mol. The minimum atomic E-state index is -0.0273. The molecular weight excluding hydrogens is 230 g/mol. The van der Waals surface area contributed by atoms with Crippen molar-refractivity contribution in [2.24, 2.45) is 0 Å². The van der Waals surface area contributed by atoms with Gasteiger partial charge in [-0.05, 0) is 32.9 Å². The van der Waals surface area contributed by atoms with Gasteiger partial charge in [-0.1, -0.05) is 18.2 Å². The molecule has 1 aromatic carbocycles. The summed E-state index contributed by atoms with van der Waals surface area (Å²) < 4.78 is 5.62. The first kappa shape index (κ1) is 14.6. The molecule has 0 aliphatic heterocycles. The van der Waals surface area contributed by atoms with Gasteiger partial charge in [0.2, 0.25) is 0 Å². The summed E-state index contributed by atoms with van der Waals surface area (Å²) in [6.07, 6.45) is 0. The molecule has 0 amide bonds. The van der Waals surface area contributed by atoms with Crippen molar-refractivity contribution in [3.63, 3.8) is 0 Å². The van der Waals surface area contributed by atoms with Crippen LogP contribution < -0.4 is 5.32 Å². The second kappa shape index (κ2) is 7.75. The van der Waals surface area contributed by atoms with Crippen molar-refractivity contribution in [2.45, 2.75) is 31.3 Å². The highest BCUT2D eigenvalue weighted by molar-refractivity contribution is 7.99. The van der Waals surface area contributed by atoms with Crippen molar-refractivity contribution >= 4 is 11.8 Å². The molecule has 3 heteroatoms. The summed E-state index contributed by atoms with van der Waals surface area (Å²) in [6, 6.07) is 10.5. The Labute approximate surface area is 109 Å². The Morgan fingerprint density at radius 1 is 1.12 bits per heavy atom. The fraction of sp³-hybridized carbons (Fsp3) is 0.571. The summed E-state index contributed by atoms with van der Waals surface area (Å²) in [5, 5.41) is 3.38. The van der Waals surface area contributed by atoms with Gasteiger partial charge in [-0.25, -0.2) is 0 Å². The van der Waals surface area contributed by atoms with Crippen LogP contribution in [0.5, 0.6) is 0 Å². The molecule has 1 aromatic rings. The topological polar surface area (TPSA) is 21.3 Å². The summed E-state index contributed by atoms with van der Waals surface area (Å²) in [4.78, 5) is 1.33. The minimum Gasteiger partial charge on any atom is -0.375 e. The highest BCUT2D eigenvalue weighted by Gasteiger charge is 2.08. The van der Waals surface area contributed by atoms with E-state index >= 15 is 0 Å². The monoisotopic (exact) mass is 253 g/mol. The first-order valence-electron chi connectivity index (χ1n) is 6.10. The fourth-order valence-electron chi connectivity index (χ4n) is 1.31. The summed E-state index contributed by atoms with van der Waals surface area (Å²) in [5.41, 5.74) is -0.0273. The average Bonchev–Trinajstić information content (AvgIpc) is 2.28. The SMILES string of the molecule is CC(C)(C)OCCNCCSc1ccccc1. The third kappa shape index (κ3) is 8.25. The van der Waals surface area contributed by atoms with E-state index in [2.05, 4.69) is 50.4 Å². The van der Waals surface area contributed by atoms with Crippen molar-refractivity contribution in [3.8, 4) is 0 Å². The number of rotatable bonds is 7. The van der Waals surface area contributed by atoms with Crippen molar-refractivity contribution < 1.29 is 4.74 Å². The molecule has 0 spiro atoms. The predicted octanol–water partition coefficient (Wildman–Crippen LogP) is 3.18. The van der Waals surface area contributed by atoms with Gasteiger partial charge in [0.25, 0.3) is 0 Å². The minimum absolute atomic E-state index is 0.0273. The van der Waals surface area contributed by atoms with E-state index < -0.39 is 0 Å². The van der Waals surface area contributed by atoms with E-state index in [0.717, 1.165) is 25.4 Å². The number of nitrogens with one attached hydrogen (secondary N) is 1. The first-order chi connectivity index (χ1) is 8.08. The number of thioether (sulfide) groups is 1. The van der Waals surface area contributed by atoms with E-state index in [9.17, 15) is 0 Å². The second-order valence-corrected chi connectivity index (χ2v) is 6.04. The van der Waals surface area contributed by atoms with E-state index in [1.807, 2.05) is 17.8 Å². The van der Waals surface area contributed by atoms with Crippen molar-refractivity contribution in [3.05, 3.63) is 30.3 Å². The summed E-state index contributed by atoms with van der Waals surface area (Å²) in [5.74, 6) is 1.10. The highest BCUT2D eigenvalue weighted by atomic mass is 32.2. The maximum absolute atomic E-state index is 5.62. The summed E-state index contributed by atoms with van der Waals surface area (Å²) in [6.45, 7) is 8.97. The van der Waals surface area contributed by atoms with Crippen molar-refractivity contribution in [1.82, 2.24) is 5.32 Å². The maximum atomic E-state index is 5.62. The van der Waals surface area contributed by atoms with Gasteiger partial charge in [0.05, 0.1) is 12.2 Å². The molecule has 96 valence electrons. The molecular formula is C14H23NOS. The van der Waals surface area contributed by atoms with Crippen LogP contribution in [0.25, 0.3) is 0 Å². The van der Waals surface area contributed by atoms with E-state index in [4.69, 9.17) is 4.74 Å². The molecule has 0 fully saturated rings. The Hall–Kier alpha value is -0.510. The number of hydrogen-bond acceptors (Lipinski definition) is 3. The second-order valence-electron chi connectivity index (χ2n) is 4.87. The quantitative estimate of drug-likeness (QED) is 0.595. The van der Waals surface area contributed by atoms with E-state index in [1.165, 1.54) is 4.90 Å². The van der Waals surface area contributed by atoms with Gasteiger partial charge in [0.1, 0.15) is 0 Å². The van der Waals surface area contributed by atoms with E-state index in [0.29, 0.717) is 0 Å².